The number of hydrogen-bond acceptors (Lipinski definition) is 7. The number of rotatable bonds is 6. The highest BCUT2D eigenvalue weighted by Gasteiger charge is 2.45. The molecule has 3 aromatic rings. The van der Waals surface area contributed by atoms with Gasteiger partial charge in [0.2, 0.25) is 11.8 Å². The summed E-state index contributed by atoms with van der Waals surface area (Å²) in [5.74, 6) is -1.73. The number of carbonyl (C=O) groups excluding carboxylic acids is 2. The molecule has 1 aromatic heterocycles. The van der Waals surface area contributed by atoms with E-state index in [1.165, 1.54) is 34.1 Å². The predicted molar refractivity (Wildman–Crippen MR) is 128 cm³/mol. The molecule has 9 nitrogen and oxygen atoms in total. The molecule has 1 saturated heterocycles. The van der Waals surface area contributed by atoms with Crippen LogP contribution in [0, 0.1) is 23.0 Å². The van der Waals surface area contributed by atoms with E-state index in [1.54, 1.807) is 36.5 Å². The van der Waals surface area contributed by atoms with E-state index in [4.69, 9.17) is 12.2 Å². The van der Waals surface area contributed by atoms with Gasteiger partial charge in [-0.2, -0.15) is 0 Å². The number of anilines is 3. The summed E-state index contributed by atoms with van der Waals surface area (Å²) in [5, 5.41) is 13.9. The number of benzene rings is 2. The Hall–Kier alpha value is -4.18. The molecule has 0 saturated carbocycles. The third-order valence-corrected chi connectivity index (χ3v) is 5.61. The van der Waals surface area contributed by atoms with Gasteiger partial charge in [-0.05, 0) is 55.0 Å². The minimum Gasteiger partial charge on any atom is -0.384 e. The second-order valence-electron chi connectivity index (χ2n) is 7.34. The van der Waals surface area contributed by atoms with Gasteiger partial charge in [0, 0.05) is 30.6 Å². The molecule has 1 unspecified atom stereocenters. The number of thiocarbonyl (C=S) groups is 1. The minimum atomic E-state index is -1.09. The standard InChI is InChI=1S/C23H19N5O4S/c1-15-6-2-3-7-19(15)26-21(29)18(14-25-16-9-11-17(12-10-16)28(31)32)22(30)27(23(26)33)20-8-4-5-13-24-20/h2-13,18,25H,14H2,1H3. The van der Waals surface area contributed by atoms with Crippen LogP contribution in [0.4, 0.5) is 22.9 Å². The van der Waals surface area contributed by atoms with Crippen molar-refractivity contribution < 1.29 is 14.5 Å². The number of nitro benzene ring substituents is 1. The number of non-ortho nitro benzene ring substituents is 1. The zero-order valence-electron chi connectivity index (χ0n) is 17.5. The van der Waals surface area contributed by atoms with Gasteiger partial charge in [0.1, 0.15) is 11.7 Å². The Kier molecular flexibility index (Phi) is 6.09. The number of hydrogen-bond donors (Lipinski definition) is 1. The number of aryl methyl sites for hydroxylation is 1. The van der Waals surface area contributed by atoms with E-state index in [2.05, 4.69) is 10.3 Å². The molecule has 1 N–H and O–H groups in total. The van der Waals surface area contributed by atoms with Gasteiger partial charge >= 0.3 is 0 Å². The largest absolute Gasteiger partial charge is 0.384 e. The predicted octanol–water partition coefficient (Wildman–Crippen LogP) is 3.69. The van der Waals surface area contributed by atoms with Crippen molar-refractivity contribution in [3.05, 3.63) is 88.6 Å². The van der Waals surface area contributed by atoms with E-state index in [0.717, 1.165) is 5.56 Å². The first kappa shape index (κ1) is 22.0. The summed E-state index contributed by atoms with van der Waals surface area (Å²) in [6.45, 7) is 1.83. The van der Waals surface area contributed by atoms with Crippen LogP contribution in [0.1, 0.15) is 5.56 Å². The molecule has 2 aromatic carbocycles. The first-order valence-electron chi connectivity index (χ1n) is 10.1. The number of nitrogens with zero attached hydrogens (tertiary/aromatic N) is 4. The Morgan fingerprint density at radius 3 is 2.30 bits per heavy atom. The lowest BCUT2D eigenvalue weighted by molar-refractivity contribution is -0.384. The highest BCUT2D eigenvalue weighted by atomic mass is 32.1. The van der Waals surface area contributed by atoms with Crippen molar-refractivity contribution in [2.45, 2.75) is 6.92 Å². The fourth-order valence-electron chi connectivity index (χ4n) is 3.53. The monoisotopic (exact) mass is 461 g/mol. The van der Waals surface area contributed by atoms with Gasteiger partial charge in [-0.15, -0.1) is 0 Å². The lowest BCUT2D eigenvalue weighted by Gasteiger charge is -2.39. The molecule has 166 valence electrons. The first-order valence-corrected chi connectivity index (χ1v) is 10.5. The summed E-state index contributed by atoms with van der Waals surface area (Å²) in [5.41, 5.74) is 1.90. The van der Waals surface area contributed by atoms with E-state index in [0.29, 0.717) is 17.2 Å². The van der Waals surface area contributed by atoms with Crippen LogP contribution in [-0.4, -0.2) is 33.4 Å². The van der Waals surface area contributed by atoms with Crippen molar-refractivity contribution in [2.75, 3.05) is 21.7 Å². The third kappa shape index (κ3) is 4.28. The van der Waals surface area contributed by atoms with Crippen LogP contribution in [0.15, 0.2) is 72.9 Å². The Morgan fingerprint density at radius 1 is 1.00 bits per heavy atom. The lowest BCUT2D eigenvalue weighted by Crippen LogP contribution is -2.62. The van der Waals surface area contributed by atoms with Crippen LogP contribution in [-0.2, 0) is 9.59 Å². The maximum Gasteiger partial charge on any atom is 0.269 e. The Bertz CT molecular complexity index is 1230. The highest BCUT2D eigenvalue weighted by Crippen LogP contribution is 2.30. The summed E-state index contributed by atoms with van der Waals surface area (Å²) >= 11 is 5.58. The molecule has 0 bridgehead atoms. The number of para-hydroxylation sites is 1. The maximum absolute atomic E-state index is 13.5. The fourth-order valence-corrected chi connectivity index (χ4v) is 3.91. The van der Waals surface area contributed by atoms with Gasteiger partial charge in [0.15, 0.2) is 5.11 Å². The SMILES string of the molecule is Cc1ccccc1N1C(=O)C(CNc2ccc([N+](=O)[O-])cc2)C(=O)N(c2ccccn2)C1=S. The summed E-state index contributed by atoms with van der Waals surface area (Å²) < 4.78 is 0. The summed E-state index contributed by atoms with van der Waals surface area (Å²) in [6, 6.07) is 18.1. The normalized spacial score (nSPS) is 16.2. The van der Waals surface area contributed by atoms with E-state index in [9.17, 15) is 19.7 Å². The molecule has 0 spiro atoms. The second-order valence-corrected chi connectivity index (χ2v) is 7.71. The minimum absolute atomic E-state index is 0.0240. The second kappa shape index (κ2) is 9.13. The van der Waals surface area contributed by atoms with Gasteiger partial charge < -0.3 is 5.32 Å². The Labute approximate surface area is 194 Å². The molecular formula is C23H19N5O4S. The Balaban J connectivity index is 1.68. The van der Waals surface area contributed by atoms with Crippen LogP contribution >= 0.6 is 12.2 Å². The fraction of sp³-hybridized carbons (Fsp3) is 0.130. The number of nitro groups is 1. The smallest absolute Gasteiger partial charge is 0.269 e. The van der Waals surface area contributed by atoms with Crippen LogP contribution in [0.25, 0.3) is 0 Å². The van der Waals surface area contributed by atoms with Crippen LogP contribution < -0.4 is 15.1 Å². The van der Waals surface area contributed by atoms with Crippen molar-refractivity contribution in [1.29, 1.82) is 0 Å². The van der Waals surface area contributed by atoms with Crippen LogP contribution in [0.2, 0.25) is 0 Å². The van der Waals surface area contributed by atoms with Crippen molar-refractivity contribution in [3.8, 4) is 0 Å². The summed E-state index contributed by atoms with van der Waals surface area (Å²) in [7, 11) is 0. The molecular weight excluding hydrogens is 442 g/mol. The number of amides is 2. The number of pyridine rings is 1. The summed E-state index contributed by atoms with van der Waals surface area (Å²) in [4.78, 5) is 44.1. The van der Waals surface area contributed by atoms with Gasteiger partial charge in [0.25, 0.3) is 5.69 Å². The van der Waals surface area contributed by atoms with E-state index in [1.807, 2.05) is 19.1 Å². The Morgan fingerprint density at radius 2 is 1.67 bits per heavy atom. The van der Waals surface area contributed by atoms with Crippen molar-refractivity contribution in [2.24, 2.45) is 5.92 Å². The van der Waals surface area contributed by atoms with Crippen LogP contribution in [0.3, 0.4) is 0 Å². The van der Waals surface area contributed by atoms with Crippen molar-refractivity contribution >= 4 is 52.0 Å². The molecule has 33 heavy (non-hydrogen) atoms. The van der Waals surface area contributed by atoms with Gasteiger partial charge in [-0.1, -0.05) is 24.3 Å². The number of carbonyl (C=O) groups is 2. The first-order chi connectivity index (χ1) is 15.9. The average molecular weight is 462 g/mol. The van der Waals surface area contributed by atoms with Gasteiger partial charge in [0.05, 0.1) is 10.6 Å². The topological polar surface area (TPSA) is 109 Å². The molecule has 2 heterocycles. The lowest BCUT2D eigenvalue weighted by atomic mass is 10.0. The average Bonchev–Trinajstić information content (AvgIpc) is 2.81. The molecule has 0 aliphatic carbocycles. The van der Waals surface area contributed by atoms with Crippen LogP contribution in [0.5, 0.6) is 0 Å². The quantitative estimate of drug-likeness (QED) is 0.258. The molecule has 1 aliphatic rings. The number of nitrogens with one attached hydrogen (secondary N) is 1. The number of aromatic nitrogens is 1. The highest BCUT2D eigenvalue weighted by molar-refractivity contribution is 7.81. The molecule has 10 heteroatoms. The van der Waals surface area contributed by atoms with Crippen molar-refractivity contribution in [1.82, 2.24) is 4.98 Å². The van der Waals surface area contributed by atoms with E-state index < -0.39 is 22.7 Å². The molecule has 1 atom stereocenters. The van der Waals surface area contributed by atoms with E-state index in [-0.39, 0.29) is 17.3 Å². The zero-order chi connectivity index (χ0) is 23.5. The molecule has 1 aliphatic heterocycles. The zero-order valence-corrected chi connectivity index (χ0v) is 18.4. The maximum atomic E-state index is 13.5. The molecule has 2 amide bonds. The van der Waals surface area contributed by atoms with E-state index >= 15 is 0 Å². The van der Waals surface area contributed by atoms with Gasteiger partial charge in [-0.3, -0.25) is 24.6 Å². The molecule has 1 fully saturated rings. The third-order valence-electron chi connectivity index (χ3n) is 5.24. The van der Waals surface area contributed by atoms with Crippen molar-refractivity contribution in [3.63, 3.8) is 0 Å². The van der Waals surface area contributed by atoms with Gasteiger partial charge in [-0.25, -0.2) is 9.88 Å². The summed E-state index contributed by atoms with van der Waals surface area (Å²) in [6.07, 6.45) is 1.55. The molecule has 4 rings (SSSR count). The molecule has 0 radical (unpaired) electrons.